The molecule has 0 fully saturated rings. The van der Waals surface area contributed by atoms with Crippen LogP contribution >= 0.6 is 35.0 Å². The normalized spacial score (nSPS) is 11.8. The first-order chi connectivity index (χ1) is 15.3. The van der Waals surface area contributed by atoms with Crippen molar-refractivity contribution in [2.24, 2.45) is 0 Å². The van der Waals surface area contributed by atoms with E-state index < -0.39 is 0 Å². The lowest BCUT2D eigenvalue weighted by atomic mass is 10.1. The van der Waals surface area contributed by atoms with E-state index in [1.807, 2.05) is 43.5 Å². The fraction of sp³-hybridized carbons (Fsp3) is 0.261. The smallest absolute Gasteiger partial charge is 0.234 e. The van der Waals surface area contributed by atoms with E-state index >= 15 is 0 Å². The number of rotatable bonds is 9. The van der Waals surface area contributed by atoms with Crippen LogP contribution < -0.4 is 10.1 Å². The first kappa shape index (κ1) is 24.2. The third kappa shape index (κ3) is 5.85. The van der Waals surface area contributed by atoms with Crippen LogP contribution in [0.5, 0.6) is 5.75 Å². The van der Waals surface area contributed by atoms with E-state index in [0.717, 1.165) is 16.9 Å². The molecule has 9 heteroatoms. The van der Waals surface area contributed by atoms with Crippen LogP contribution in [0.15, 0.2) is 54.2 Å². The number of nitrogens with zero attached hydrogens (tertiary/aromatic N) is 3. The number of aromatic nitrogens is 3. The van der Waals surface area contributed by atoms with Crippen molar-refractivity contribution in [3.63, 3.8) is 0 Å². The summed E-state index contributed by atoms with van der Waals surface area (Å²) in [6.07, 6.45) is 1.43. The van der Waals surface area contributed by atoms with Gasteiger partial charge in [-0.05, 0) is 56.2 Å². The van der Waals surface area contributed by atoms with E-state index in [-0.39, 0.29) is 17.8 Å². The molecule has 0 aliphatic carbocycles. The molecule has 168 valence electrons. The number of nitrogens with one attached hydrogen (secondary N) is 1. The number of benzene rings is 2. The van der Waals surface area contributed by atoms with Crippen LogP contribution in [0.2, 0.25) is 10.0 Å². The maximum Gasteiger partial charge on any atom is 0.234 e. The van der Waals surface area contributed by atoms with Gasteiger partial charge in [0.25, 0.3) is 0 Å². The first-order valence-corrected chi connectivity index (χ1v) is 11.7. The zero-order valence-corrected chi connectivity index (χ0v) is 20.4. The molecule has 0 aliphatic rings. The number of hydrogen-bond donors (Lipinski definition) is 1. The molecule has 3 aromatic rings. The van der Waals surface area contributed by atoms with E-state index in [2.05, 4.69) is 22.1 Å². The molecule has 1 atom stereocenters. The number of aryl methyl sites for hydroxylation is 1. The average molecular weight is 491 g/mol. The van der Waals surface area contributed by atoms with Crippen LogP contribution in [-0.2, 0) is 11.3 Å². The Morgan fingerprint density at radius 3 is 2.75 bits per heavy atom. The summed E-state index contributed by atoms with van der Waals surface area (Å²) in [5.74, 6) is 1.43. The summed E-state index contributed by atoms with van der Waals surface area (Å²) in [4.78, 5) is 12.4. The zero-order chi connectivity index (χ0) is 23.3. The van der Waals surface area contributed by atoms with Gasteiger partial charge in [-0.25, -0.2) is 0 Å². The third-order valence-corrected chi connectivity index (χ3v) is 6.52. The Bertz CT molecular complexity index is 1130. The first-order valence-electron chi connectivity index (χ1n) is 9.94. The summed E-state index contributed by atoms with van der Waals surface area (Å²) in [5.41, 5.74) is 2.82. The molecule has 1 heterocycles. The van der Waals surface area contributed by atoms with E-state index in [4.69, 9.17) is 27.9 Å². The van der Waals surface area contributed by atoms with Gasteiger partial charge in [0.15, 0.2) is 17.1 Å². The Labute approximate surface area is 202 Å². The molecule has 6 nitrogen and oxygen atoms in total. The summed E-state index contributed by atoms with van der Waals surface area (Å²) in [6, 6.07) is 10.9. The van der Waals surface area contributed by atoms with E-state index in [0.29, 0.717) is 33.3 Å². The second-order valence-corrected chi connectivity index (χ2v) is 8.92. The summed E-state index contributed by atoms with van der Waals surface area (Å²) in [5, 5.41) is 12.8. The van der Waals surface area contributed by atoms with Gasteiger partial charge < -0.3 is 10.1 Å². The number of halogens is 2. The highest BCUT2D eigenvalue weighted by atomic mass is 35.5. The fourth-order valence-electron chi connectivity index (χ4n) is 3.00. The van der Waals surface area contributed by atoms with Crippen LogP contribution in [0.1, 0.15) is 30.0 Å². The van der Waals surface area contributed by atoms with Crippen molar-refractivity contribution in [2.45, 2.75) is 38.6 Å². The minimum Gasteiger partial charge on any atom is -0.482 e. The van der Waals surface area contributed by atoms with Gasteiger partial charge in [-0.15, -0.1) is 16.8 Å². The third-order valence-electron chi connectivity index (χ3n) is 4.82. The van der Waals surface area contributed by atoms with Crippen molar-refractivity contribution in [2.75, 3.05) is 11.1 Å². The van der Waals surface area contributed by atoms with Gasteiger partial charge in [0.1, 0.15) is 5.75 Å². The van der Waals surface area contributed by atoms with Gasteiger partial charge in [0, 0.05) is 12.2 Å². The summed E-state index contributed by atoms with van der Waals surface area (Å²) in [7, 11) is 0. The Morgan fingerprint density at radius 1 is 1.25 bits per heavy atom. The second kappa shape index (κ2) is 10.9. The molecule has 0 radical (unpaired) electrons. The maximum atomic E-state index is 12.4. The summed E-state index contributed by atoms with van der Waals surface area (Å²) in [6.45, 7) is 10.3. The largest absolute Gasteiger partial charge is 0.482 e. The number of allylic oxidation sites excluding steroid dienone is 1. The van der Waals surface area contributed by atoms with Gasteiger partial charge >= 0.3 is 0 Å². The lowest BCUT2D eigenvalue weighted by Gasteiger charge is -2.18. The van der Waals surface area contributed by atoms with Gasteiger partial charge in [-0.1, -0.05) is 53.2 Å². The molecular weight excluding hydrogens is 467 g/mol. The van der Waals surface area contributed by atoms with Crippen LogP contribution in [-0.4, -0.2) is 26.4 Å². The molecule has 0 bridgehead atoms. The number of amides is 1. The standard InChI is InChI=1S/C23H24Cl2N4O2S/c1-5-11-29-22(16(4)31-20-8-6-7-14(2)15(20)3)27-28-23(29)32-13-21(30)26-17-9-10-18(24)19(25)12-17/h5-10,12,16H,1,11,13H2,2-4H3,(H,26,30). The van der Waals surface area contributed by atoms with Crippen molar-refractivity contribution in [1.29, 1.82) is 0 Å². The Morgan fingerprint density at radius 2 is 2.03 bits per heavy atom. The van der Waals surface area contributed by atoms with Gasteiger partial charge in [0.05, 0.1) is 15.8 Å². The van der Waals surface area contributed by atoms with Crippen LogP contribution in [0.3, 0.4) is 0 Å². The fourth-order valence-corrected chi connectivity index (χ4v) is 4.06. The molecule has 3 rings (SSSR count). The highest BCUT2D eigenvalue weighted by Crippen LogP contribution is 2.28. The van der Waals surface area contributed by atoms with E-state index in [1.54, 1.807) is 24.3 Å². The van der Waals surface area contributed by atoms with Crippen molar-refractivity contribution in [3.05, 3.63) is 76.0 Å². The topological polar surface area (TPSA) is 69.0 Å². The molecule has 32 heavy (non-hydrogen) atoms. The Hall–Kier alpha value is -2.48. The molecule has 1 aromatic heterocycles. The van der Waals surface area contributed by atoms with Crippen molar-refractivity contribution >= 4 is 46.6 Å². The lowest BCUT2D eigenvalue weighted by molar-refractivity contribution is -0.113. The number of thioether (sulfide) groups is 1. The van der Waals surface area contributed by atoms with Crippen LogP contribution in [0, 0.1) is 13.8 Å². The van der Waals surface area contributed by atoms with Crippen LogP contribution in [0.25, 0.3) is 0 Å². The van der Waals surface area contributed by atoms with Gasteiger partial charge in [-0.3, -0.25) is 9.36 Å². The predicted octanol–water partition coefficient (Wildman–Crippen LogP) is 6.26. The van der Waals surface area contributed by atoms with Crippen molar-refractivity contribution in [1.82, 2.24) is 14.8 Å². The molecule has 0 saturated heterocycles. The number of carbonyl (C=O) groups excluding carboxylic acids is 1. The molecule has 1 unspecified atom stereocenters. The number of hydrogen-bond acceptors (Lipinski definition) is 5. The Kier molecular flexibility index (Phi) is 8.23. The van der Waals surface area contributed by atoms with Crippen molar-refractivity contribution in [3.8, 4) is 5.75 Å². The van der Waals surface area contributed by atoms with E-state index in [9.17, 15) is 4.79 Å². The minimum absolute atomic E-state index is 0.155. The average Bonchev–Trinajstić information content (AvgIpc) is 3.15. The summed E-state index contributed by atoms with van der Waals surface area (Å²) < 4.78 is 8.07. The predicted molar refractivity (Wildman–Crippen MR) is 131 cm³/mol. The minimum atomic E-state index is -0.331. The number of ether oxygens (including phenoxy) is 1. The quantitative estimate of drug-likeness (QED) is 0.283. The maximum absolute atomic E-state index is 12.4. The molecule has 0 saturated carbocycles. The molecule has 2 aromatic carbocycles. The molecule has 1 N–H and O–H groups in total. The van der Waals surface area contributed by atoms with Gasteiger partial charge in [-0.2, -0.15) is 0 Å². The SMILES string of the molecule is C=CCn1c(SCC(=O)Nc2ccc(Cl)c(Cl)c2)nnc1C(C)Oc1cccc(C)c1C. The second-order valence-electron chi connectivity index (χ2n) is 7.16. The number of anilines is 1. The zero-order valence-electron chi connectivity index (χ0n) is 18.1. The Balaban J connectivity index is 1.69. The van der Waals surface area contributed by atoms with Crippen LogP contribution in [0.4, 0.5) is 5.69 Å². The lowest BCUT2D eigenvalue weighted by Crippen LogP contribution is -2.15. The molecule has 0 spiro atoms. The van der Waals surface area contributed by atoms with Gasteiger partial charge in [0.2, 0.25) is 5.91 Å². The molecule has 1 amide bonds. The molecule has 0 aliphatic heterocycles. The number of carbonyl (C=O) groups is 1. The van der Waals surface area contributed by atoms with Crippen molar-refractivity contribution < 1.29 is 9.53 Å². The highest BCUT2D eigenvalue weighted by molar-refractivity contribution is 7.99. The highest BCUT2D eigenvalue weighted by Gasteiger charge is 2.20. The van der Waals surface area contributed by atoms with E-state index in [1.165, 1.54) is 11.8 Å². The molecular formula is C23H24Cl2N4O2S. The summed E-state index contributed by atoms with van der Waals surface area (Å²) >= 11 is 13.2. The monoisotopic (exact) mass is 490 g/mol.